The lowest BCUT2D eigenvalue weighted by Gasteiger charge is -2.04. The van der Waals surface area contributed by atoms with Gasteiger partial charge in [0, 0.05) is 11.8 Å². The summed E-state index contributed by atoms with van der Waals surface area (Å²) in [6, 6.07) is 2.00. The number of hydrogen-bond donors (Lipinski definition) is 0. The van der Waals surface area contributed by atoms with E-state index in [1.54, 1.807) is 0 Å². The van der Waals surface area contributed by atoms with Crippen LogP contribution in [0.15, 0.2) is 22.0 Å². The van der Waals surface area contributed by atoms with Crippen LogP contribution in [0.5, 0.6) is 0 Å². The van der Waals surface area contributed by atoms with Crippen LogP contribution in [0.4, 0.5) is 8.78 Å². The molecular formula is C9H7F2NO3S. The molecule has 1 rings (SSSR count). The highest BCUT2D eigenvalue weighted by Gasteiger charge is 2.19. The summed E-state index contributed by atoms with van der Waals surface area (Å²) in [7, 11) is -3.82. The third-order valence-corrected chi connectivity index (χ3v) is 2.95. The summed E-state index contributed by atoms with van der Waals surface area (Å²) in [6.45, 7) is -0.379. The van der Waals surface area contributed by atoms with Gasteiger partial charge in [0.05, 0.1) is 6.54 Å². The Morgan fingerprint density at radius 1 is 1.31 bits per heavy atom. The van der Waals surface area contributed by atoms with Gasteiger partial charge in [-0.25, -0.2) is 27.0 Å². The van der Waals surface area contributed by atoms with Crippen molar-refractivity contribution in [2.24, 2.45) is 4.99 Å². The van der Waals surface area contributed by atoms with Gasteiger partial charge in [0.1, 0.15) is 4.90 Å². The van der Waals surface area contributed by atoms with E-state index in [0.717, 1.165) is 18.4 Å². The van der Waals surface area contributed by atoms with Gasteiger partial charge in [-0.15, -0.1) is 0 Å². The molecule has 16 heavy (non-hydrogen) atoms. The van der Waals surface area contributed by atoms with Gasteiger partial charge in [0.25, 0.3) is 0 Å². The van der Waals surface area contributed by atoms with Gasteiger partial charge in [-0.2, -0.15) is 0 Å². The molecule has 0 aromatic heterocycles. The number of benzene rings is 1. The number of hydrogen-bond acceptors (Lipinski definition) is 4. The first-order chi connectivity index (χ1) is 7.38. The highest BCUT2D eigenvalue weighted by molar-refractivity contribution is 7.90. The number of nitrogens with zero attached hydrogens (tertiary/aromatic N) is 1. The monoisotopic (exact) mass is 247 g/mol. The Bertz CT molecular complexity index is 562. The Labute approximate surface area is 90.5 Å². The highest BCUT2D eigenvalue weighted by atomic mass is 32.2. The van der Waals surface area contributed by atoms with E-state index in [0.29, 0.717) is 0 Å². The molecule has 4 nitrogen and oxygen atoms in total. The molecule has 0 saturated carbocycles. The van der Waals surface area contributed by atoms with E-state index in [-0.39, 0.29) is 12.1 Å². The predicted octanol–water partition coefficient (Wildman–Crippen LogP) is 1.20. The summed E-state index contributed by atoms with van der Waals surface area (Å²) in [5.74, 6) is -2.77. The van der Waals surface area contributed by atoms with Gasteiger partial charge in [-0.3, -0.25) is 0 Å². The Kier molecular flexibility index (Phi) is 3.51. The van der Waals surface area contributed by atoms with E-state index in [1.807, 2.05) is 0 Å². The molecule has 0 aliphatic carbocycles. The zero-order valence-electron chi connectivity index (χ0n) is 8.20. The van der Waals surface area contributed by atoms with Crippen LogP contribution in [0.1, 0.15) is 5.56 Å². The van der Waals surface area contributed by atoms with Crippen molar-refractivity contribution < 1.29 is 22.0 Å². The van der Waals surface area contributed by atoms with Crippen molar-refractivity contribution in [1.29, 1.82) is 0 Å². The van der Waals surface area contributed by atoms with Gasteiger partial charge in [0.15, 0.2) is 21.5 Å². The van der Waals surface area contributed by atoms with Crippen LogP contribution in [0.25, 0.3) is 0 Å². The maximum atomic E-state index is 13.3. The van der Waals surface area contributed by atoms with Crippen LogP contribution in [0.2, 0.25) is 0 Å². The minimum atomic E-state index is -3.82. The molecule has 0 aliphatic heterocycles. The topological polar surface area (TPSA) is 63.6 Å². The molecule has 0 atom stereocenters. The van der Waals surface area contributed by atoms with Crippen LogP contribution >= 0.6 is 0 Å². The fourth-order valence-electron chi connectivity index (χ4n) is 1.10. The first-order valence-electron chi connectivity index (χ1n) is 4.08. The predicted molar refractivity (Wildman–Crippen MR) is 51.3 cm³/mol. The largest absolute Gasteiger partial charge is 0.235 e. The summed E-state index contributed by atoms with van der Waals surface area (Å²) in [5, 5.41) is 0. The third-order valence-electron chi connectivity index (χ3n) is 1.84. The van der Waals surface area contributed by atoms with Crippen LogP contribution < -0.4 is 0 Å². The normalized spacial score (nSPS) is 10.9. The van der Waals surface area contributed by atoms with E-state index in [4.69, 9.17) is 0 Å². The summed E-state index contributed by atoms with van der Waals surface area (Å²) in [4.78, 5) is 12.2. The van der Waals surface area contributed by atoms with E-state index in [9.17, 15) is 22.0 Å². The molecule has 86 valence electrons. The first-order valence-corrected chi connectivity index (χ1v) is 5.97. The summed E-state index contributed by atoms with van der Waals surface area (Å²) in [5.41, 5.74) is -0.201. The van der Waals surface area contributed by atoms with Crippen LogP contribution in [0.3, 0.4) is 0 Å². The quantitative estimate of drug-likeness (QED) is 0.595. The standard InChI is InChI=1S/C9H7F2NO3S/c1-16(14,15)7-3-2-6(4-12-5-13)8(10)9(7)11/h2-3H,4H2,1H3. The van der Waals surface area contributed by atoms with Gasteiger partial charge in [-0.1, -0.05) is 6.07 Å². The zero-order chi connectivity index (χ0) is 12.3. The second-order valence-electron chi connectivity index (χ2n) is 3.03. The molecule has 1 aromatic carbocycles. The number of carbonyl (C=O) groups excluding carboxylic acids is 1. The third kappa shape index (κ3) is 2.50. The van der Waals surface area contributed by atoms with Crippen molar-refractivity contribution in [2.45, 2.75) is 11.4 Å². The Balaban J connectivity index is 3.34. The van der Waals surface area contributed by atoms with Crippen molar-refractivity contribution in [2.75, 3.05) is 6.26 Å². The number of isocyanates is 1. The van der Waals surface area contributed by atoms with Crippen molar-refractivity contribution in [1.82, 2.24) is 0 Å². The molecule has 0 spiro atoms. The van der Waals surface area contributed by atoms with Crippen molar-refractivity contribution >= 4 is 15.9 Å². The van der Waals surface area contributed by atoms with Gasteiger partial charge in [0.2, 0.25) is 6.08 Å². The lowest BCUT2D eigenvalue weighted by Crippen LogP contribution is -2.05. The molecular weight excluding hydrogens is 240 g/mol. The average Bonchev–Trinajstić information content (AvgIpc) is 2.18. The Hall–Kier alpha value is -1.59. The Morgan fingerprint density at radius 3 is 2.44 bits per heavy atom. The van der Waals surface area contributed by atoms with E-state index in [2.05, 4.69) is 4.99 Å². The Morgan fingerprint density at radius 2 is 1.94 bits per heavy atom. The average molecular weight is 247 g/mol. The summed E-state index contributed by atoms with van der Waals surface area (Å²) in [6.07, 6.45) is 1.95. The summed E-state index contributed by atoms with van der Waals surface area (Å²) < 4.78 is 48.7. The molecule has 7 heteroatoms. The smallest absolute Gasteiger partial charge is 0.224 e. The fourth-order valence-corrected chi connectivity index (χ4v) is 1.83. The molecule has 0 bridgehead atoms. The number of sulfone groups is 1. The summed E-state index contributed by atoms with van der Waals surface area (Å²) >= 11 is 0. The molecule has 0 heterocycles. The second-order valence-corrected chi connectivity index (χ2v) is 5.01. The molecule has 0 radical (unpaired) electrons. The fraction of sp³-hybridized carbons (Fsp3) is 0.222. The molecule has 0 amide bonds. The van der Waals surface area contributed by atoms with Gasteiger partial charge in [-0.05, 0) is 6.07 Å². The zero-order valence-corrected chi connectivity index (χ0v) is 9.01. The van der Waals surface area contributed by atoms with Crippen LogP contribution in [-0.4, -0.2) is 20.8 Å². The minimum Gasteiger partial charge on any atom is -0.224 e. The van der Waals surface area contributed by atoms with Gasteiger partial charge < -0.3 is 0 Å². The molecule has 0 fully saturated rings. The van der Waals surface area contributed by atoms with E-state index < -0.39 is 26.4 Å². The van der Waals surface area contributed by atoms with Crippen molar-refractivity contribution in [3.8, 4) is 0 Å². The van der Waals surface area contributed by atoms with E-state index >= 15 is 0 Å². The van der Waals surface area contributed by atoms with Gasteiger partial charge >= 0.3 is 0 Å². The molecule has 0 saturated heterocycles. The lowest BCUT2D eigenvalue weighted by atomic mass is 10.2. The molecule has 0 aliphatic rings. The SMILES string of the molecule is CS(=O)(=O)c1ccc(CN=C=O)c(F)c1F. The van der Waals surface area contributed by atoms with Crippen LogP contribution in [-0.2, 0) is 21.2 Å². The van der Waals surface area contributed by atoms with Crippen LogP contribution in [0, 0.1) is 11.6 Å². The first kappa shape index (κ1) is 12.5. The lowest BCUT2D eigenvalue weighted by molar-refractivity contribution is 0.477. The number of halogens is 2. The molecule has 0 N–H and O–H groups in total. The maximum absolute atomic E-state index is 13.3. The van der Waals surface area contributed by atoms with E-state index in [1.165, 1.54) is 6.08 Å². The number of rotatable bonds is 3. The molecule has 1 aromatic rings. The molecule has 0 unspecified atom stereocenters. The van der Waals surface area contributed by atoms with Crippen molar-refractivity contribution in [3.05, 3.63) is 29.3 Å². The minimum absolute atomic E-state index is 0.201. The highest BCUT2D eigenvalue weighted by Crippen LogP contribution is 2.20. The second kappa shape index (κ2) is 4.51. The maximum Gasteiger partial charge on any atom is 0.235 e. The number of aliphatic imine (C=N–C) groups is 1. The van der Waals surface area contributed by atoms with Crippen molar-refractivity contribution in [3.63, 3.8) is 0 Å².